The molecule has 0 aromatic rings. The van der Waals surface area contributed by atoms with Crippen molar-refractivity contribution in [1.29, 1.82) is 0 Å². The zero-order valence-electron chi connectivity index (χ0n) is 54.8. The van der Waals surface area contributed by atoms with Crippen LogP contribution in [0.4, 0.5) is 0 Å². The number of nitrogens with one attached hydrogen (secondary N) is 1. The monoisotopic (exact) mass is 1150 g/mol. The van der Waals surface area contributed by atoms with Gasteiger partial charge in [-0.25, -0.2) is 0 Å². The first-order valence-corrected chi connectivity index (χ1v) is 37.5. The number of unbranched alkanes of at least 4 members (excludes halogenated alkanes) is 53. The highest BCUT2D eigenvalue weighted by atomic mass is 31.2. The summed E-state index contributed by atoms with van der Waals surface area (Å²) in [6, 6.07) is -0.798. The van der Waals surface area contributed by atoms with Gasteiger partial charge in [0.25, 0.3) is 7.82 Å². The number of hydrogen-bond acceptors (Lipinski definition) is 6. The number of phosphoric ester groups is 1. The van der Waals surface area contributed by atoms with E-state index < -0.39 is 20.0 Å². The molecule has 2 N–H and O–H groups in total. The van der Waals surface area contributed by atoms with Crippen molar-refractivity contribution in [2.75, 3.05) is 40.9 Å². The van der Waals surface area contributed by atoms with E-state index in [4.69, 9.17) is 9.05 Å². The molecule has 0 aliphatic rings. The molecule has 1 amide bonds. The van der Waals surface area contributed by atoms with Crippen molar-refractivity contribution >= 4 is 13.7 Å². The lowest BCUT2D eigenvalue weighted by Crippen LogP contribution is -2.46. The Balaban J connectivity index is 3.88. The number of likely N-dealkylation sites (N-methyl/N-ethyl adjacent to an activating group) is 1. The lowest BCUT2D eigenvalue weighted by Gasteiger charge is -2.30. The predicted molar refractivity (Wildman–Crippen MR) is 349 cm³/mol. The average molecular weight is 1150 g/mol. The highest BCUT2D eigenvalue weighted by Gasteiger charge is 2.24. The summed E-state index contributed by atoms with van der Waals surface area (Å²) in [6.07, 6.45) is 80.2. The fraction of sp³-hybridized carbons (Fsp3) is 0.958. The molecule has 0 aromatic carbocycles. The van der Waals surface area contributed by atoms with Crippen molar-refractivity contribution in [3.8, 4) is 0 Å². The van der Waals surface area contributed by atoms with E-state index in [0.717, 1.165) is 38.5 Å². The average Bonchev–Trinajstić information content (AvgIpc) is 3.42. The van der Waals surface area contributed by atoms with Gasteiger partial charge in [-0.1, -0.05) is 353 Å². The first-order chi connectivity index (χ1) is 39.0. The molecule has 3 atom stereocenters. The Bertz CT molecular complexity index is 1310. The van der Waals surface area contributed by atoms with Gasteiger partial charge in [0, 0.05) is 6.42 Å². The van der Waals surface area contributed by atoms with E-state index in [2.05, 4.69) is 31.3 Å². The molecule has 0 rings (SSSR count). The minimum Gasteiger partial charge on any atom is -0.756 e. The van der Waals surface area contributed by atoms with Gasteiger partial charge >= 0.3 is 0 Å². The van der Waals surface area contributed by atoms with Gasteiger partial charge in [0.15, 0.2) is 0 Å². The summed E-state index contributed by atoms with van der Waals surface area (Å²) in [5.74, 6) is -0.156. The minimum atomic E-state index is -4.57. The first kappa shape index (κ1) is 79.2. The van der Waals surface area contributed by atoms with Crippen LogP contribution in [0.1, 0.15) is 386 Å². The number of allylic oxidation sites excluding steroid dienone is 2. The van der Waals surface area contributed by atoms with E-state index in [1.807, 2.05) is 21.1 Å². The van der Waals surface area contributed by atoms with Crippen molar-refractivity contribution in [2.24, 2.45) is 0 Å². The fourth-order valence-corrected chi connectivity index (χ4v) is 12.1. The molecule has 9 heteroatoms. The van der Waals surface area contributed by atoms with Gasteiger partial charge in [0.05, 0.1) is 39.9 Å². The molecular weight excluding hydrogens is 1010 g/mol. The molecule has 0 aliphatic heterocycles. The van der Waals surface area contributed by atoms with Crippen molar-refractivity contribution in [3.05, 3.63) is 12.2 Å². The second-order valence-corrected chi connectivity index (χ2v) is 27.7. The lowest BCUT2D eigenvalue weighted by atomic mass is 10.0. The van der Waals surface area contributed by atoms with E-state index in [-0.39, 0.29) is 19.1 Å². The van der Waals surface area contributed by atoms with Crippen LogP contribution in [-0.4, -0.2) is 68.5 Å². The van der Waals surface area contributed by atoms with Gasteiger partial charge in [-0.15, -0.1) is 0 Å². The number of quaternary nitrogens is 1. The van der Waals surface area contributed by atoms with Crippen molar-refractivity contribution < 1.29 is 32.9 Å². The summed E-state index contributed by atoms with van der Waals surface area (Å²) in [7, 11) is 1.33. The quantitative estimate of drug-likeness (QED) is 0.0272. The van der Waals surface area contributed by atoms with Gasteiger partial charge in [0.2, 0.25) is 5.91 Å². The summed E-state index contributed by atoms with van der Waals surface area (Å²) in [4.78, 5) is 25.6. The summed E-state index contributed by atoms with van der Waals surface area (Å²) >= 11 is 0. The van der Waals surface area contributed by atoms with Gasteiger partial charge in [-0.05, 0) is 38.5 Å². The number of phosphoric acid groups is 1. The standard InChI is InChI=1S/C71H143N2O6P/c1-6-8-10-12-14-16-18-20-22-24-26-27-28-29-30-31-32-33-34-35-36-37-38-39-40-41-42-43-44-45-47-49-51-53-55-57-59-61-63-65-71(75)72-69(68-79-80(76,77)78-67-66-73(3,4)5)70(74)64-62-60-58-56-54-52-50-48-46-25-23-21-19-17-15-13-11-9-7-2/h35-36,69-70,74H,6-34,37-68H2,1-5H3,(H-,72,75,76,77)/b36-35-. The second kappa shape index (κ2) is 62.8. The summed E-state index contributed by atoms with van der Waals surface area (Å²) in [5, 5.41) is 14.1. The molecule has 0 aromatic heterocycles. The third-order valence-electron chi connectivity index (χ3n) is 17.0. The normalized spacial score (nSPS) is 13.6. The van der Waals surface area contributed by atoms with Crippen LogP contribution in [0, 0.1) is 0 Å². The van der Waals surface area contributed by atoms with Crippen LogP contribution in [0.5, 0.6) is 0 Å². The van der Waals surface area contributed by atoms with Gasteiger partial charge in [0.1, 0.15) is 13.2 Å². The summed E-state index contributed by atoms with van der Waals surface area (Å²) in [6.45, 7) is 4.79. The molecule has 0 radical (unpaired) electrons. The zero-order chi connectivity index (χ0) is 58.4. The molecule has 0 heterocycles. The second-order valence-electron chi connectivity index (χ2n) is 26.3. The highest BCUT2D eigenvalue weighted by molar-refractivity contribution is 7.45. The highest BCUT2D eigenvalue weighted by Crippen LogP contribution is 2.38. The smallest absolute Gasteiger partial charge is 0.268 e. The third-order valence-corrected chi connectivity index (χ3v) is 18.0. The third kappa shape index (κ3) is 64.8. The maximum Gasteiger partial charge on any atom is 0.268 e. The Morgan fingerprint density at radius 2 is 0.688 bits per heavy atom. The number of rotatable bonds is 68. The number of carbonyl (C=O) groups is 1. The Morgan fingerprint density at radius 1 is 0.425 bits per heavy atom. The molecule has 3 unspecified atom stereocenters. The number of carbonyl (C=O) groups excluding carboxylic acids is 1. The molecule has 0 bridgehead atoms. The lowest BCUT2D eigenvalue weighted by molar-refractivity contribution is -0.870. The van der Waals surface area contributed by atoms with Crippen LogP contribution in [0.25, 0.3) is 0 Å². The fourth-order valence-electron chi connectivity index (χ4n) is 11.4. The van der Waals surface area contributed by atoms with Crippen molar-refractivity contribution in [1.82, 2.24) is 5.32 Å². The summed E-state index contributed by atoms with van der Waals surface area (Å²) < 4.78 is 23.5. The number of hydrogen-bond donors (Lipinski definition) is 2. The number of amides is 1. The molecule has 0 saturated heterocycles. The molecular formula is C71H143N2O6P. The first-order valence-electron chi connectivity index (χ1n) is 36.0. The van der Waals surface area contributed by atoms with Crippen LogP contribution in [0.3, 0.4) is 0 Å². The van der Waals surface area contributed by atoms with Crippen LogP contribution in [0.15, 0.2) is 12.2 Å². The van der Waals surface area contributed by atoms with E-state index >= 15 is 0 Å². The van der Waals surface area contributed by atoms with Crippen LogP contribution >= 0.6 is 7.82 Å². The molecule has 8 nitrogen and oxygen atoms in total. The van der Waals surface area contributed by atoms with Gasteiger partial charge in [-0.3, -0.25) is 9.36 Å². The van der Waals surface area contributed by atoms with Crippen molar-refractivity contribution in [2.45, 2.75) is 398 Å². The molecule has 0 saturated carbocycles. The molecule has 0 spiro atoms. The Hall–Kier alpha value is -0.760. The van der Waals surface area contributed by atoms with Crippen LogP contribution < -0.4 is 10.2 Å². The molecule has 80 heavy (non-hydrogen) atoms. The zero-order valence-corrected chi connectivity index (χ0v) is 55.7. The van der Waals surface area contributed by atoms with Gasteiger partial charge in [-0.2, -0.15) is 0 Å². The van der Waals surface area contributed by atoms with Gasteiger partial charge < -0.3 is 28.8 Å². The van der Waals surface area contributed by atoms with E-state index in [9.17, 15) is 19.4 Å². The minimum absolute atomic E-state index is 0.0156. The Morgan fingerprint density at radius 3 is 0.975 bits per heavy atom. The maximum absolute atomic E-state index is 13.0. The van der Waals surface area contributed by atoms with Crippen LogP contribution in [0.2, 0.25) is 0 Å². The van der Waals surface area contributed by atoms with E-state index in [1.165, 1.54) is 321 Å². The Labute approximate surface area is 501 Å². The summed E-state index contributed by atoms with van der Waals surface area (Å²) in [5.41, 5.74) is 0. The molecule has 0 aliphatic carbocycles. The largest absolute Gasteiger partial charge is 0.756 e. The predicted octanol–water partition coefficient (Wildman–Crippen LogP) is 22.3. The SMILES string of the molecule is CCCCCCCCCCCCCCCCCCCC/C=C\CCCCCCCCCCCCCCCCCCCC(=O)NC(COP(=O)([O-])OCC[N+](C)(C)C)C(O)CCCCCCCCCCCCCCCCCCCCC. The maximum atomic E-state index is 13.0. The number of aliphatic hydroxyl groups excluding tert-OH is 1. The van der Waals surface area contributed by atoms with E-state index in [0.29, 0.717) is 23.9 Å². The van der Waals surface area contributed by atoms with Crippen molar-refractivity contribution in [3.63, 3.8) is 0 Å². The molecule has 0 fully saturated rings. The van der Waals surface area contributed by atoms with E-state index in [1.54, 1.807) is 0 Å². The number of nitrogens with zero attached hydrogens (tertiary/aromatic N) is 1. The topological polar surface area (TPSA) is 108 Å². The number of aliphatic hydroxyl groups is 1. The molecule has 478 valence electrons. The van der Waals surface area contributed by atoms with Crippen LogP contribution in [-0.2, 0) is 18.4 Å². The Kier molecular flexibility index (Phi) is 62.2.